The van der Waals surface area contributed by atoms with E-state index in [1.807, 2.05) is 0 Å². The lowest BCUT2D eigenvalue weighted by Crippen LogP contribution is -2.33. The Labute approximate surface area is 67.8 Å². The summed E-state index contributed by atoms with van der Waals surface area (Å²) in [5, 5.41) is 3.31. The normalized spacial score (nSPS) is 21.5. The smallest absolute Gasteiger partial charge is 0.0906 e. The molecule has 1 N–H and O–H groups in total. The molecule has 0 aromatic rings. The molecule has 0 aromatic heterocycles. The first-order chi connectivity index (χ1) is 5.43. The highest BCUT2D eigenvalue weighted by molar-refractivity contribution is 4.61. The molecule has 0 saturated carbocycles. The molecule has 1 rings (SSSR count). The van der Waals surface area contributed by atoms with Crippen LogP contribution in [0.4, 0.5) is 4.39 Å². The maximum Gasteiger partial charge on any atom is 0.0906 e. The first-order valence-electron chi connectivity index (χ1n) is 4.42. The fourth-order valence-electron chi connectivity index (χ4n) is 1.38. The van der Waals surface area contributed by atoms with Gasteiger partial charge in [-0.15, -0.1) is 0 Å². The van der Waals surface area contributed by atoms with E-state index in [1.165, 1.54) is 12.8 Å². The molecule has 0 amide bonds. The molecule has 1 fully saturated rings. The Morgan fingerprint density at radius 3 is 3.09 bits per heavy atom. The third kappa shape index (κ3) is 3.68. The van der Waals surface area contributed by atoms with Gasteiger partial charge < -0.3 is 5.32 Å². The summed E-state index contributed by atoms with van der Waals surface area (Å²) < 4.78 is 11.8. The predicted molar refractivity (Wildman–Crippen MR) is 44.3 cm³/mol. The summed E-state index contributed by atoms with van der Waals surface area (Å²) in [4.78, 5) is 2.28. The van der Waals surface area contributed by atoms with Crippen molar-refractivity contribution in [2.45, 2.75) is 19.3 Å². The molecule has 1 heterocycles. The van der Waals surface area contributed by atoms with Crippen LogP contribution >= 0.6 is 0 Å². The van der Waals surface area contributed by atoms with Crippen molar-refractivity contribution in [2.24, 2.45) is 0 Å². The van der Waals surface area contributed by atoms with Crippen molar-refractivity contribution in [3.8, 4) is 0 Å². The zero-order valence-corrected chi connectivity index (χ0v) is 6.98. The van der Waals surface area contributed by atoms with Crippen molar-refractivity contribution in [3.05, 3.63) is 0 Å². The molecule has 3 heteroatoms. The van der Waals surface area contributed by atoms with Gasteiger partial charge in [-0.3, -0.25) is 9.29 Å². The molecule has 0 bridgehead atoms. The Kier molecular flexibility index (Phi) is 4.47. The minimum Gasteiger partial charge on any atom is -0.304 e. The van der Waals surface area contributed by atoms with Crippen molar-refractivity contribution < 1.29 is 4.39 Å². The lowest BCUT2D eigenvalue weighted by molar-refractivity contribution is 0.257. The average molecular weight is 160 g/mol. The third-order valence-corrected chi connectivity index (χ3v) is 2.02. The number of alkyl halides is 1. The molecule has 1 aliphatic heterocycles. The minimum absolute atomic E-state index is 0.184. The Morgan fingerprint density at radius 2 is 2.27 bits per heavy atom. The summed E-state index contributed by atoms with van der Waals surface area (Å²) in [6.07, 6.45) is 3.19. The SMILES string of the molecule is FCCCN1CCCCNC1. The highest BCUT2D eigenvalue weighted by Crippen LogP contribution is 1.99. The van der Waals surface area contributed by atoms with E-state index >= 15 is 0 Å². The van der Waals surface area contributed by atoms with Gasteiger partial charge in [0.1, 0.15) is 0 Å². The van der Waals surface area contributed by atoms with Gasteiger partial charge in [0, 0.05) is 13.2 Å². The summed E-state index contributed by atoms with van der Waals surface area (Å²) in [5.74, 6) is 0. The van der Waals surface area contributed by atoms with Crippen molar-refractivity contribution in [3.63, 3.8) is 0 Å². The summed E-state index contributed by atoms with van der Waals surface area (Å²) >= 11 is 0. The Hall–Kier alpha value is -0.150. The van der Waals surface area contributed by atoms with Gasteiger partial charge in [0.2, 0.25) is 0 Å². The van der Waals surface area contributed by atoms with E-state index in [4.69, 9.17) is 0 Å². The van der Waals surface area contributed by atoms with Crippen LogP contribution in [0.1, 0.15) is 19.3 Å². The molecule has 66 valence electrons. The van der Waals surface area contributed by atoms with E-state index in [9.17, 15) is 4.39 Å². The van der Waals surface area contributed by atoms with Gasteiger partial charge in [-0.1, -0.05) is 0 Å². The van der Waals surface area contributed by atoms with Crippen molar-refractivity contribution in [1.82, 2.24) is 10.2 Å². The molecule has 0 radical (unpaired) electrons. The highest BCUT2D eigenvalue weighted by atomic mass is 19.1. The Balaban J connectivity index is 2.09. The maximum absolute atomic E-state index is 11.8. The van der Waals surface area contributed by atoms with Crippen LogP contribution in [-0.2, 0) is 0 Å². The average Bonchev–Trinajstić information content (AvgIpc) is 2.28. The fraction of sp³-hybridized carbons (Fsp3) is 1.00. The first-order valence-corrected chi connectivity index (χ1v) is 4.42. The molecular weight excluding hydrogens is 143 g/mol. The molecule has 0 unspecified atom stereocenters. The molecule has 0 aliphatic carbocycles. The lowest BCUT2D eigenvalue weighted by Gasteiger charge is -2.18. The van der Waals surface area contributed by atoms with Crippen LogP contribution in [0, 0.1) is 0 Å². The van der Waals surface area contributed by atoms with Crippen LogP contribution in [-0.4, -0.2) is 37.9 Å². The minimum atomic E-state index is -0.184. The first kappa shape index (κ1) is 8.94. The number of hydrogen-bond donors (Lipinski definition) is 1. The molecule has 0 aromatic carbocycles. The number of halogens is 1. The van der Waals surface area contributed by atoms with Crippen LogP contribution in [0.3, 0.4) is 0 Å². The summed E-state index contributed by atoms with van der Waals surface area (Å²) in [5.41, 5.74) is 0. The second kappa shape index (κ2) is 5.49. The van der Waals surface area contributed by atoms with Crippen LogP contribution in [0.2, 0.25) is 0 Å². The van der Waals surface area contributed by atoms with Crippen LogP contribution < -0.4 is 5.32 Å². The Morgan fingerprint density at radius 1 is 1.36 bits per heavy atom. The Bertz CT molecular complexity index is 90.1. The van der Waals surface area contributed by atoms with Gasteiger partial charge in [0.25, 0.3) is 0 Å². The fourth-order valence-corrected chi connectivity index (χ4v) is 1.38. The standard InChI is InChI=1S/C8H17FN2/c9-4-3-7-11-6-2-1-5-10-8-11/h10H,1-8H2. The molecule has 1 aliphatic rings. The van der Waals surface area contributed by atoms with Gasteiger partial charge in [-0.05, 0) is 32.4 Å². The quantitative estimate of drug-likeness (QED) is 0.662. The maximum atomic E-state index is 11.8. The van der Waals surface area contributed by atoms with Crippen LogP contribution in [0.15, 0.2) is 0 Å². The highest BCUT2D eigenvalue weighted by Gasteiger charge is 2.06. The second-order valence-corrected chi connectivity index (χ2v) is 3.03. The molecule has 2 nitrogen and oxygen atoms in total. The number of nitrogens with one attached hydrogen (secondary N) is 1. The molecule has 0 spiro atoms. The number of rotatable bonds is 3. The van der Waals surface area contributed by atoms with Crippen molar-refractivity contribution >= 4 is 0 Å². The number of hydrogen-bond acceptors (Lipinski definition) is 2. The zero-order chi connectivity index (χ0) is 7.94. The van der Waals surface area contributed by atoms with Gasteiger partial charge in [-0.25, -0.2) is 0 Å². The van der Waals surface area contributed by atoms with Crippen LogP contribution in [0.5, 0.6) is 0 Å². The summed E-state index contributed by atoms with van der Waals surface area (Å²) in [6.45, 7) is 3.92. The second-order valence-electron chi connectivity index (χ2n) is 3.03. The van der Waals surface area contributed by atoms with E-state index < -0.39 is 0 Å². The van der Waals surface area contributed by atoms with E-state index in [0.717, 1.165) is 26.3 Å². The third-order valence-electron chi connectivity index (χ3n) is 2.02. The van der Waals surface area contributed by atoms with E-state index in [1.54, 1.807) is 0 Å². The topological polar surface area (TPSA) is 15.3 Å². The van der Waals surface area contributed by atoms with Gasteiger partial charge in [-0.2, -0.15) is 0 Å². The van der Waals surface area contributed by atoms with E-state index in [2.05, 4.69) is 10.2 Å². The molecule has 0 atom stereocenters. The van der Waals surface area contributed by atoms with E-state index in [-0.39, 0.29) is 6.67 Å². The summed E-state index contributed by atoms with van der Waals surface area (Å²) in [7, 11) is 0. The van der Waals surface area contributed by atoms with Crippen molar-refractivity contribution in [1.29, 1.82) is 0 Å². The van der Waals surface area contributed by atoms with Gasteiger partial charge in [0.15, 0.2) is 0 Å². The van der Waals surface area contributed by atoms with Gasteiger partial charge in [0.05, 0.1) is 6.67 Å². The van der Waals surface area contributed by atoms with Gasteiger partial charge >= 0.3 is 0 Å². The van der Waals surface area contributed by atoms with E-state index in [0.29, 0.717) is 6.42 Å². The van der Waals surface area contributed by atoms with Crippen molar-refractivity contribution in [2.75, 3.05) is 33.0 Å². The predicted octanol–water partition coefficient (Wildman–Crippen LogP) is 0.989. The zero-order valence-electron chi connectivity index (χ0n) is 6.98. The number of nitrogens with zero attached hydrogens (tertiary/aromatic N) is 1. The monoisotopic (exact) mass is 160 g/mol. The van der Waals surface area contributed by atoms with Crippen LogP contribution in [0.25, 0.3) is 0 Å². The summed E-state index contributed by atoms with van der Waals surface area (Å²) in [6, 6.07) is 0. The molecule has 1 saturated heterocycles. The molecular formula is C8H17FN2. The largest absolute Gasteiger partial charge is 0.304 e. The molecule has 11 heavy (non-hydrogen) atoms. The lowest BCUT2D eigenvalue weighted by atomic mass is 10.3.